The Hall–Kier alpha value is -3.62. The lowest BCUT2D eigenvalue weighted by atomic mass is 9.88. The van der Waals surface area contributed by atoms with Crippen LogP contribution in [-0.2, 0) is 11.3 Å². The number of carbonyl (C=O) groups is 2. The summed E-state index contributed by atoms with van der Waals surface area (Å²) in [6.45, 7) is 4.70. The molecule has 0 radical (unpaired) electrons. The third-order valence-electron chi connectivity index (χ3n) is 6.90. The maximum atomic E-state index is 13.6. The molecule has 1 aromatic heterocycles. The molecule has 1 spiro atoms. The van der Waals surface area contributed by atoms with Crippen LogP contribution in [0.5, 0.6) is 5.75 Å². The molecule has 0 saturated carbocycles. The minimum Gasteiger partial charge on any atom is -0.483 e. The Morgan fingerprint density at radius 3 is 2.73 bits per heavy atom. The van der Waals surface area contributed by atoms with Gasteiger partial charge in [0.1, 0.15) is 12.2 Å². The number of nitrogens with zero attached hydrogens (tertiary/aromatic N) is 3. The molecule has 0 aliphatic carbocycles. The van der Waals surface area contributed by atoms with Crippen molar-refractivity contribution < 1.29 is 19.1 Å². The highest BCUT2D eigenvalue weighted by molar-refractivity contribution is 5.99. The van der Waals surface area contributed by atoms with Crippen molar-refractivity contribution in [1.29, 1.82) is 0 Å². The molecular formula is C24H26N4O5. The fourth-order valence-electron chi connectivity index (χ4n) is 5.08. The summed E-state index contributed by atoms with van der Waals surface area (Å²) in [5.41, 5.74) is 4.93. The van der Waals surface area contributed by atoms with Crippen molar-refractivity contribution >= 4 is 17.7 Å². The molecule has 2 N–H and O–H groups in total. The predicted molar refractivity (Wildman–Crippen MR) is 121 cm³/mol. The van der Waals surface area contributed by atoms with Crippen LogP contribution in [-0.4, -0.2) is 51.9 Å². The molecular weight excluding hydrogens is 424 g/mol. The SMILES string of the molecule is CC1=NCC2(CC[C@H](C)N3C[C@H]2n2cc(C(N)=O)c(=O)c(OCc4ccccc4)c2C3=O)O1. The zero-order chi connectivity index (χ0) is 23.3. The number of hydrogen-bond acceptors (Lipinski definition) is 6. The van der Waals surface area contributed by atoms with Crippen molar-refractivity contribution in [1.82, 2.24) is 9.47 Å². The van der Waals surface area contributed by atoms with Crippen LogP contribution in [0.2, 0.25) is 0 Å². The molecule has 1 unspecified atom stereocenters. The van der Waals surface area contributed by atoms with Crippen LogP contribution in [0.1, 0.15) is 59.1 Å². The summed E-state index contributed by atoms with van der Waals surface area (Å²) in [6, 6.07) is 8.91. The number of hydrogen-bond donors (Lipinski definition) is 1. The second kappa shape index (κ2) is 7.75. The molecule has 172 valence electrons. The van der Waals surface area contributed by atoms with Gasteiger partial charge < -0.3 is 24.7 Å². The molecule has 1 fully saturated rings. The smallest absolute Gasteiger partial charge is 0.274 e. The quantitative estimate of drug-likeness (QED) is 0.764. The molecule has 2 bridgehead atoms. The van der Waals surface area contributed by atoms with E-state index in [-0.39, 0.29) is 41.6 Å². The van der Waals surface area contributed by atoms with Crippen molar-refractivity contribution in [2.24, 2.45) is 10.7 Å². The number of aromatic nitrogens is 1. The third kappa shape index (κ3) is 3.39. The highest BCUT2D eigenvalue weighted by Gasteiger charge is 2.53. The Labute approximate surface area is 190 Å². The van der Waals surface area contributed by atoms with Crippen molar-refractivity contribution in [2.75, 3.05) is 13.1 Å². The van der Waals surface area contributed by atoms with Crippen LogP contribution in [0.25, 0.3) is 0 Å². The van der Waals surface area contributed by atoms with Crippen LogP contribution in [0.15, 0.2) is 46.3 Å². The van der Waals surface area contributed by atoms with E-state index in [1.807, 2.05) is 44.2 Å². The molecule has 3 aliphatic rings. The van der Waals surface area contributed by atoms with Gasteiger partial charge in [0.15, 0.2) is 22.9 Å². The number of amides is 2. The summed E-state index contributed by atoms with van der Waals surface area (Å²) in [6.07, 6.45) is 2.80. The van der Waals surface area contributed by atoms with Crippen LogP contribution in [0.3, 0.4) is 0 Å². The number of fused-ring (bicyclic) bond motifs is 5. The van der Waals surface area contributed by atoms with Gasteiger partial charge in [0.25, 0.3) is 11.8 Å². The van der Waals surface area contributed by atoms with Gasteiger partial charge in [-0.2, -0.15) is 0 Å². The summed E-state index contributed by atoms with van der Waals surface area (Å²) >= 11 is 0. The van der Waals surface area contributed by atoms with E-state index in [1.165, 1.54) is 6.20 Å². The largest absolute Gasteiger partial charge is 0.483 e. The van der Waals surface area contributed by atoms with Crippen LogP contribution < -0.4 is 15.9 Å². The Morgan fingerprint density at radius 1 is 1.30 bits per heavy atom. The first-order valence-corrected chi connectivity index (χ1v) is 11.1. The van der Waals surface area contributed by atoms with Gasteiger partial charge in [-0.1, -0.05) is 30.3 Å². The Kier molecular flexibility index (Phi) is 4.99. The van der Waals surface area contributed by atoms with Gasteiger partial charge in [-0.05, 0) is 25.3 Å². The van der Waals surface area contributed by atoms with E-state index in [4.69, 9.17) is 15.2 Å². The lowest BCUT2D eigenvalue weighted by Gasteiger charge is -2.42. The molecule has 4 heterocycles. The number of rotatable bonds is 4. The van der Waals surface area contributed by atoms with Gasteiger partial charge in [-0.25, -0.2) is 0 Å². The number of primary amides is 1. The maximum absolute atomic E-state index is 13.6. The zero-order valence-corrected chi connectivity index (χ0v) is 18.6. The summed E-state index contributed by atoms with van der Waals surface area (Å²) in [4.78, 5) is 45.3. The van der Waals surface area contributed by atoms with Crippen molar-refractivity contribution in [3.05, 3.63) is 63.6 Å². The first-order chi connectivity index (χ1) is 15.8. The second-order valence-electron chi connectivity index (χ2n) is 8.96. The van der Waals surface area contributed by atoms with Crippen LogP contribution >= 0.6 is 0 Å². The first-order valence-electron chi connectivity index (χ1n) is 11.1. The van der Waals surface area contributed by atoms with Gasteiger partial charge in [0, 0.05) is 25.7 Å². The lowest BCUT2D eigenvalue weighted by Crippen LogP contribution is -2.53. The molecule has 33 heavy (non-hydrogen) atoms. The van der Waals surface area contributed by atoms with E-state index in [9.17, 15) is 14.4 Å². The molecule has 3 aliphatic heterocycles. The minimum atomic E-state index is -0.870. The van der Waals surface area contributed by atoms with Gasteiger partial charge in [-0.15, -0.1) is 0 Å². The third-order valence-corrected chi connectivity index (χ3v) is 6.90. The van der Waals surface area contributed by atoms with Gasteiger partial charge >= 0.3 is 0 Å². The fourth-order valence-corrected chi connectivity index (χ4v) is 5.08. The van der Waals surface area contributed by atoms with Crippen molar-refractivity contribution in [3.63, 3.8) is 0 Å². The number of benzene rings is 1. The number of carbonyl (C=O) groups excluding carboxylic acids is 2. The highest BCUT2D eigenvalue weighted by Crippen LogP contribution is 2.44. The average molecular weight is 450 g/mol. The predicted octanol–water partition coefficient (Wildman–Crippen LogP) is 1.89. The van der Waals surface area contributed by atoms with Crippen molar-refractivity contribution in [3.8, 4) is 5.75 Å². The number of aliphatic imine (C=N–C) groups is 1. The monoisotopic (exact) mass is 450 g/mol. The Balaban J connectivity index is 1.69. The number of nitrogens with two attached hydrogens (primary N) is 1. The highest BCUT2D eigenvalue weighted by atomic mass is 16.5. The molecule has 1 aromatic carbocycles. The molecule has 9 heteroatoms. The summed E-state index contributed by atoms with van der Waals surface area (Å²) in [7, 11) is 0. The summed E-state index contributed by atoms with van der Waals surface area (Å²) < 4.78 is 13.9. The minimum absolute atomic E-state index is 0.0504. The molecule has 2 aromatic rings. The number of pyridine rings is 1. The van der Waals surface area contributed by atoms with Crippen LogP contribution in [0, 0.1) is 0 Å². The second-order valence-corrected chi connectivity index (χ2v) is 8.96. The molecule has 9 nitrogen and oxygen atoms in total. The van der Waals surface area contributed by atoms with E-state index in [0.29, 0.717) is 25.4 Å². The van der Waals surface area contributed by atoms with Crippen molar-refractivity contribution in [2.45, 2.75) is 51.0 Å². The van der Waals surface area contributed by atoms with E-state index in [0.717, 1.165) is 12.0 Å². The fraction of sp³-hybridized carbons (Fsp3) is 0.417. The maximum Gasteiger partial charge on any atom is 0.274 e. The van der Waals surface area contributed by atoms with Gasteiger partial charge in [0.05, 0.1) is 12.6 Å². The molecule has 2 amide bonds. The normalized spacial score (nSPS) is 25.8. The Morgan fingerprint density at radius 2 is 2.06 bits per heavy atom. The zero-order valence-electron chi connectivity index (χ0n) is 18.6. The topological polar surface area (TPSA) is 116 Å². The standard InChI is InChI=1S/C24H26N4O5/c1-14-8-9-24(13-26-15(2)33-24)18-11-27(14)23(31)19-21(32-12-16-6-4-3-5-7-16)20(29)17(22(25)30)10-28(18)19/h3-7,10,14,18H,8-9,11-13H2,1-2H3,(H2,25,30)/t14-,18+,24?/m0/s1. The van der Waals surface area contributed by atoms with Gasteiger partial charge in [-0.3, -0.25) is 19.4 Å². The van der Waals surface area contributed by atoms with E-state index >= 15 is 0 Å². The first kappa shape index (κ1) is 21.2. The van der Waals surface area contributed by atoms with E-state index in [2.05, 4.69) is 4.99 Å². The Bertz CT molecular complexity index is 1220. The number of ether oxygens (including phenoxy) is 2. The molecule has 3 atom stereocenters. The average Bonchev–Trinajstić information content (AvgIpc) is 3.13. The van der Waals surface area contributed by atoms with E-state index in [1.54, 1.807) is 9.47 Å². The van der Waals surface area contributed by atoms with Gasteiger partial charge in [0.2, 0.25) is 5.43 Å². The van der Waals surface area contributed by atoms with Crippen LogP contribution in [0.4, 0.5) is 0 Å². The lowest BCUT2D eigenvalue weighted by molar-refractivity contribution is 0.0101. The summed E-state index contributed by atoms with van der Waals surface area (Å²) in [5.74, 6) is -0.741. The molecule has 5 rings (SSSR count). The molecule has 1 saturated heterocycles. The van der Waals surface area contributed by atoms with E-state index < -0.39 is 16.9 Å². The summed E-state index contributed by atoms with van der Waals surface area (Å²) in [5, 5.41) is 0.